The van der Waals surface area contributed by atoms with E-state index in [2.05, 4.69) is 0 Å². The van der Waals surface area contributed by atoms with Crippen LogP contribution < -0.4 is 5.73 Å². The van der Waals surface area contributed by atoms with Gasteiger partial charge in [-0.05, 0) is 31.1 Å². The molecule has 1 aromatic rings. The largest absolute Gasteiger partial charge is 0.473 e. The van der Waals surface area contributed by atoms with Crippen LogP contribution in [0.5, 0.6) is 0 Å². The number of rotatable bonds is 5. The van der Waals surface area contributed by atoms with Crippen molar-refractivity contribution in [1.29, 1.82) is 5.41 Å². The number of nitrogens with one attached hydrogen (secondary N) is 1. The zero-order valence-corrected chi connectivity index (χ0v) is 11.4. The van der Waals surface area contributed by atoms with Gasteiger partial charge in [-0.1, -0.05) is 42.5 Å². The van der Waals surface area contributed by atoms with Crippen LogP contribution in [-0.4, -0.2) is 5.90 Å². The highest BCUT2D eigenvalue weighted by Gasteiger charge is 1.96. The van der Waals surface area contributed by atoms with E-state index in [4.69, 9.17) is 15.9 Å². The number of benzene rings is 1. The van der Waals surface area contributed by atoms with Gasteiger partial charge < -0.3 is 10.5 Å². The molecule has 3 nitrogen and oxygen atoms in total. The molecule has 1 aromatic carbocycles. The van der Waals surface area contributed by atoms with Crippen LogP contribution in [0.1, 0.15) is 19.4 Å². The number of hydrogen-bond donors (Lipinski definition) is 2. The molecule has 0 fully saturated rings. The molecule has 100 valence electrons. The summed E-state index contributed by atoms with van der Waals surface area (Å²) in [5.41, 5.74) is 8.38. The number of ether oxygens (including phenoxy) is 1. The van der Waals surface area contributed by atoms with Crippen molar-refractivity contribution in [2.75, 3.05) is 0 Å². The molecule has 3 heteroatoms. The summed E-state index contributed by atoms with van der Waals surface area (Å²) in [6, 6.07) is 9.77. The molecule has 0 unspecified atom stereocenters. The van der Waals surface area contributed by atoms with Crippen molar-refractivity contribution in [2.45, 2.75) is 20.5 Å². The molecule has 0 saturated carbocycles. The predicted octanol–water partition coefficient (Wildman–Crippen LogP) is 3.55. The highest BCUT2D eigenvalue weighted by Crippen LogP contribution is 2.05. The van der Waals surface area contributed by atoms with Crippen molar-refractivity contribution in [3.05, 3.63) is 71.5 Å². The van der Waals surface area contributed by atoms with Gasteiger partial charge in [-0.25, -0.2) is 0 Å². The summed E-state index contributed by atoms with van der Waals surface area (Å²) in [5.74, 6) is 0.118. The van der Waals surface area contributed by atoms with Crippen LogP contribution in [0.2, 0.25) is 0 Å². The van der Waals surface area contributed by atoms with Crippen LogP contribution in [0, 0.1) is 5.41 Å². The summed E-state index contributed by atoms with van der Waals surface area (Å²) in [6.45, 7) is 4.15. The van der Waals surface area contributed by atoms with Crippen LogP contribution in [0.15, 0.2) is 65.9 Å². The Morgan fingerprint density at radius 3 is 2.47 bits per heavy atom. The Morgan fingerprint density at radius 1 is 1.21 bits per heavy atom. The molecule has 0 aliphatic carbocycles. The first kappa shape index (κ1) is 14.8. The Bertz CT molecular complexity index is 495. The van der Waals surface area contributed by atoms with Gasteiger partial charge in [-0.3, -0.25) is 5.41 Å². The average molecular weight is 256 g/mol. The smallest absolute Gasteiger partial charge is 0.206 e. The first-order chi connectivity index (χ1) is 9.13. The molecular formula is C16H20N2O. The fourth-order valence-electron chi connectivity index (χ4n) is 1.45. The first-order valence-electron chi connectivity index (χ1n) is 6.16. The van der Waals surface area contributed by atoms with Gasteiger partial charge in [-0.2, -0.15) is 0 Å². The second kappa shape index (κ2) is 7.93. The molecule has 0 radical (unpaired) electrons. The number of allylic oxidation sites excluding steroid dienone is 5. The van der Waals surface area contributed by atoms with Gasteiger partial charge >= 0.3 is 0 Å². The maximum absolute atomic E-state index is 7.71. The van der Waals surface area contributed by atoms with Crippen molar-refractivity contribution in [1.82, 2.24) is 0 Å². The van der Waals surface area contributed by atoms with Gasteiger partial charge in [-0.15, -0.1) is 0 Å². The van der Waals surface area contributed by atoms with Crippen LogP contribution in [0.25, 0.3) is 0 Å². The minimum Gasteiger partial charge on any atom is -0.473 e. The Kier molecular flexibility index (Phi) is 6.16. The molecule has 0 bridgehead atoms. The highest BCUT2D eigenvalue weighted by molar-refractivity contribution is 5.85. The van der Waals surface area contributed by atoms with E-state index in [1.54, 1.807) is 12.2 Å². The molecule has 0 heterocycles. The molecule has 0 amide bonds. The predicted molar refractivity (Wildman–Crippen MR) is 79.8 cm³/mol. The van der Waals surface area contributed by atoms with Gasteiger partial charge in [0.25, 0.3) is 0 Å². The minimum absolute atomic E-state index is 0.118. The van der Waals surface area contributed by atoms with Crippen LogP contribution in [-0.2, 0) is 11.3 Å². The zero-order chi connectivity index (χ0) is 14.1. The lowest BCUT2D eigenvalue weighted by Gasteiger charge is -2.04. The molecule has 3 N–H and O–H groups in total. The summed E-state index contributed by atoms with van der Waals surface area (Å²) in [6.07, 6.45) is 7.19. The van der Waals surface area contributed by atoms with Gasteiger partial charge in [0.05, 0.1) is 0 Å². The van der Waals surface area contributed by atoms with E-state index < -0.39 is 0 Å². The van der Waals surface area contributed by atoms with Crippen molar-refractivity contribution < 1.29 is 4.74 Å². The summed E-state index contributed by atoms with van der Waals surface area (Å²) < 4.78 is 5.35. The van der Waals surface area contributed by atoms with E-state index in [1.165, 1.54) is 0 Å². The SMILES string of the molecule is C\C=C/C(/C=C\C(=N)OCc1ccccc1)=C(/C)N. The Balaban J connectivity index is 2.54. The van der Waals surface area contributed by atoms with Gasteiger partial charge in [0.1, 0.15) is 6.61 Å². The summed E-state index contributed by atoms with van der Waals surface area (Å²) in [5, 5.41) is 7.71. The van der Waals surface area contributed by atoms with Crippen molar-refractivity contribution in [3.8, 4) is 0 Å². The normalized spacial score (nSPS) is 12.7. The Morgan fingerprint density at radius 2 is 1.89 bits per heavy atom. The molecule has 0 aliphatic heterocycles. The molecule has 0 spiro atoms. The van der Waals surface area contributed by atoms with Gasteiger partial charge in [0, 0.05) is 11.8 Å². The second-order valence-corrected chi connectivity index (χ2v) is 4.11. The zero-order valence-electron chi connectivity index (χ0n) is 11.4. The molecule has 0 atom stereocenters. The lowest BCUT2D eigenvalue weighted by Crippen LogP contribution is -2.00. The van der Waals surface area contributed by atoms with Crippen molar-refractivity contribution >= 4 is 5.90 Å². The standard InChI is InChI=1S/C16H20N2O/c1-3-7-15(13(2)17)10-11-16(18)19-12-14-8-5-4-6-9-14/h3-11,18H,12,17H2,1-2H3/b7-3-,11-10-,15-13+,18-16?. The third-order valence-corrected chi connectivity index (χ3v) is 2.45. The highest BCUT2D eigenvalue weighted by atomic mass is 16.5. The van der Waals surface area contributed by atoms with Crippen LogP contribution in [0.3, 0.4) is 0 Å². The van der Waals surface area contributed by atoms with E-state index in [1.807, 2.05) is 56.3 Å². The lowest BCUT2D eigenvalue weighted by atomic mass is 10.2. The molecule has 0 aliphatic rings. The molecule has 1 rings (SSSR count). The van der Waals surface area contributed by atoms with Gasteiger partial charge in [0.2, 0.25) is 5.90 Å². The summed E-state index contributed by atoms with van der Waals surface area (Å²) >= 11 is 0. The maximum Gasteiger partial charge on any atom is 0.206 e. The molecular weight excluding hydrogens is 236 g/mol. The summed E-state index contributed by atoms with van der Waals surface area (Å²) in [7, 11) is 0. The number of nitrogens with two attached hydrogens (primary N) is 1. The topological polar surface area (TPSA) is 59.1 Å². The van der Waals surface area contributed by atoms with Crippen molar-refractivity contribution in [2.24, 2.45) is 5.73 Å². The average Bonchev–Trinajstić information content (AvgIpc) is 2.42. The van der Waals surface area contributed by atoms with E-state index in [0.717, 1.165) is 11.1 Å². The third-order valence-electron chi connectivity index (χ3n) is 2.45. The third kappa shape index (κ3) is 5.73. The van der Waals surface area contributed by atoms with Crippen LogP contribution in [0.4, 0.5) is 0 Å². The van der Waals surface area contributed by atoms with E-state index in [0.29, 0.717) is 12.3 Å². The van der Waals surface area contributed by atoms with E-state index in [-0.39, 0.29) is 5.90 Å². The Hall–Kier alpha value is -2.29. The van der Waals surface area contributed by atoms with E-state index in [9.17, 15) is 0 Å². The first-order valence-corrected chi connectivity index (χ1v) is 6.16. The molecule has 19 heavy (non-hydrogen) atoms. The fourth-order valence-corrected chi connectivity index (χ4v) is 1.45. The Labute approximate surface area is 114 Å². The molecule has 0 aromatic heterocycles. The van der Waals surface area contributed by atoms with Crippen LogP contribution >= 0.6 is 0 Å². The van der Waals surface area contributed by atoms with Gasteiger partial charge in [0.15, 0.2) is 0 Å². The molecule has 0 saturated heterocycles. The monoisotopic (exact) mass is 256 g/mol. The maximum atomic E-state index is 7.71. The minimum atomic E-state index is 0.118. The second-order valence-electron chi connectivity index (χ2n) is 4.11. The van der Waals surface area contributed by atoms with Crippen molar-refractivity contribution in [3.63, 3.8) is 0 Å². The number of hydrogen-bond acceptors (Lipinski definition) is 3. The quantitative estimate of drug-likeness (QED) is 0.481. The fraction of sp³-hybridized carbons (Fsp3) is 0.188. The van der Waals surface area contributed by atoms with E-state index >= 15 is 0 Å². The lowest BCUT2D eigenvalue weighted by molar-refractivity contribution is 0.292. The summed E-state index contributed by atoms with van der Waals surface area (Å²) in [4.78, 5) is 0.